The van der Waals surface area contributed by atoms with Crippen molar-refractivity contribution in [1.29, 1.82) is 0 Å². The molecule has 2 heteroatoms. The zero-order valence-electron chi connectivity index (χ0n) is 12.4. The molecular weight excluding hydrogens is 234 g/mol. The monoisotopic (exact) mass is 261 g/mol. The number of rotatable bonds is 2. The number of carbonyl (C=O) groups excluding carboxylic acids is 1. The quantitative estimate of drug-likeness (QED) is 0.752. The molecule has 2 nitrogen and oxygen atoms in total. The molecule has 2 atom stereocenters. The minimum atomic E-state index is -0.231. The molecule has 3 aliphatic rings. The summed E-state index contributed by atoms with van der Waals surface area (Å²) in [5, 5.41) is 3.35. The summed E-state index contributed by atoms with van der Waals surface area (Å²) in [4.78, 5) is 12.8. The molecule has 0 unspecified atom stereocenters. The minimum absolute atomic E-state index is 0.155. The van der Waals surface area contributed by atoms with E-state index in [1.807, 2.05) is 0 Å². The van der Waals surface area contributed by atoms with Gasteiger partial charge < -0.3 is 5.32 Å². The number of carbonyl (C=O) groups is 1. The Bertz CT molecular complexity index is 405. The second-order valence-corrected chi connectivity index (χ2v) is 7.53. The SMILES string of the molecule is C=C1C(C)(C)[C@@H]2CC[C@@]1(C(=O)NC1CCCCC1)C2. The Morgan fingerprint density at radius 1 is 1.21 bits per heavy atom. The number of fused-ring (bicyclic) bond motifs is 2. The van der Waals surface area contributed by atoms with Crippen LogP contribution >= 0.6 is 0 Å². The zero-order chi connectivity index (χ0) is 13.7. The van der Waals surface area contributed by atoms with Crippen molar-refractivity contribution in [2.45, 2.75) is 71.3 Å². The van der Waals surface area contributed by atoms with Gasteiger partial charge in [0.1, 0.15) is 0 Å². The lowest BCUT2D eigenvalue weighted by atomic mass is 9.68. The molecule has 0 aromatic heterocycles. The molecule has 0 saturated heterocycles. The molecule has 0 heterocycles. The van der Waals surface area contributed by atoms with E-state index in [4.69, 9.17) is 0 Å². The van der Waals surface area contributed by atoms with Crippen LogP contribution in [-0.2, 0) is 4.79 Å². The van der Waals surface area contributed by atoms with Crippen molar-refractivity contribution < 1.29 is 4.79 Å². The molecule has 106 valence electrons. The first-order chi connectivity index (χ1) is 8.97. The average molecular weight is 261 g/mol. The van der Waals surface area contributed by atoms with Gasteiger partial charge in [0.2, 0.25) is 5.91 Å². The van der Waals surface area contributed by atoms with Crippen molar-refractivity contribution in [2.24, 2.45) is 16.7 Å². The summed E-state index contributed by atoms with van der Waals surface area (Å²) in [5.41, 5.74) is 1.12. The second kappa shape index (κ2) is 4.36. The first kappa shape index (κ1) is 13.2. The molecule has 19 heavy (non-hydrogen) atoms. The standard InChI is InChI=1S/C17H27NO/c1-12-16(2,3)13-9-10-17(12,11-13)15(19)18-14-7-5-4-6-8-14/h13-14H,1,4-11H2,2-3H3,(H,18,19)/t13-,17-/m1/s1. The molecule has 0 radical (unpaired) electrons. The van der Waals surface area contributed by atoms with Gasteiger partial charge in [-0.2, -0.15) is 0 Å². The van der Waals surface area contributed by atoms with Gasteiger partial charge in [-0.05, 0) is 43.4 Å². The Morgan fingerprint density at radius 3 is 2.47 bits per heavy atom. The molecule has 0 spiro atoms. The fourth-order valence-electron chi connectivity index (χ4n) is 4.71. The third-order valence-corrected chi connectivity index (χ3v) is 6.27. The van der Waals surface area contributed by atoms with Crippen molar-refractivity contribution in [1.82, 2.24) is 5.32 Å². The minimum Gasteiger partial charge on any atom is -0.353 e. The van der Waals surface area contributed by atoms with Gasteiger partial charge in [0.15, 0.2) is 0 Å². The summed E-state index contributed by atoms with van der Waals surface area (Å²) in [6, 6.07) is 0.422. The molecule has 3 saturated carbocycles. The predicted octanol–water partition coefficient (Wildman–Crippen LogP) is 3.82. The van der Waals surface area contributed by atoms with Crippen molar-refractivity contribution in [3.8, 4) is 0 Å². The maximum Gasteiger partial charge on any atom is 0.230 e. The van der Waals surface area contributed by atoms with Crippen molar-refractivity contribution in [3.05, 3.63) is 12.2 Å². The highest BCUT2D eigenvalue weighted by Gasteiger charge is 2.60. The van der Waals surface area contributed by atoms with Crippen LogP contribution in [0.2, 0.25) is 0 Å². The second-order valence-electron chi connectivity index (χ2n) is 7.53. The van der Waals surface area contributed by atoms with Crippen LogP contribution in [0.1, 0.15) is 65.2 Å². The van der Waals surface area contributed by atoms with Gasteiger partial charge in [-0.15, -0.1) is 0 Å². The van der Waals surface area contributed by atoms with Crippen LogP contribution in [0.25, 0.3) is 0 Å². The topological polar surface area (TPSA) is 29.1 Å². The van der Waals surface area contributed by atoms with E-state index in [9.17, 15) is 4.79 Å². The number of amides is 1. The summed E-state index contributed by atoms with van der Waals surface area (Å²) < 4.78 is 0. The van der Waals surface area contributed by atoms with Crippen LogP contribution in [0, 0.1) is 16.7 Å². The lowest BCUT2D eigenvalue weighted by molar-refractivity contribution is -0.129. The molecule has 2 bridgehead atoms. The van der Waals surface area contributed by atoms with E-state index in [1.54, 1.807) is 0 Å². The van der Waals surface area contributed by atoms with Crippen LogP contribution in [-0.4, -0.2) is 11.9 Å². The highest BCUT2D eigenvalue weighted by Crippen LogP contribution is 2.65. The Balaban J connectivity index is 1.74. The van der Waals surface area contributed by atoms with Gasteiger partial charge in [0.25, 0.3) is 0 Å². The van der Waals surface area contributed by atoms with Gasteiger partial charge in [0.05, 0.1) is 5.41 Å². The molecular formula is C17H27NO. The fraction of sp³-hybridized carbons (Fsp3) is 0.824. The van der Waals surface area contributed by atoms with E-state index in [0.29, 0.717) is 12.0 Å². The highest BCUT2D eigenvalue weighted by atomic mass is 16.2. The maximum absolute atomic E-state index is 12.8. The summed E-state index contributed by atoms with van der Waals surface area (Å²) in [6.45, 7) is 8.86. The molecule has 3 rings (SSSR count). The van der Waals surface area contributed by atoms with Gasteiger partial charge in [-0.1, -0.05) is 45.3 Å². The van der Waals surface area contributed by atoms with Crippen molar-refractivity contribution in [3.63, 3.8) is 0 Å². The predicted molar refractivity (Wildman–Crippen MR) is 77.7 cm³/mol. The lowest BCUT2D eigenvalue weighted by Gasteiger charge is -2.38. The Labute approximate surface area is 117 Å². The Hall–Kier alpha value is -0.790. The van der Waals surface area contributed by atoms with Crippen LogP contribution in [0.3, 0.4) is 0 Å². The van der Waals surface area contributed by atoms with E-state index in [0.717, 1.165) is 12.8 Å². The molecule has 0 aromatic rings. The van der Waals surface area contributed by atoms with Crippen LogP contribution in [0.4, 0.5) is 0 Å². The number of hydrogen-bond donors (Lipinski definition) is 1. The van der Waals surface area contributed by atoms with Gasteiger partial charge >= 0.3 is 0 Å². The van der Waals surface area contributed by atoms with E-state index in [1.165, 1.54) is 44.1 Å². The van der Waals surface area contributed by atoms with Crippen LogP contribution in [0.15, 0.2) is 12.2 Å². The van der Waals surface area contributed by atoms with Gasteiger partial charge in [0, 0.05) is 6.04 Å². The largest absolute Gasteiger partial charge is 0.353 e. The summed E-state index contributed by atoms with van der Waals surface area (Å²) in [6.07, 6.45) is 9.47. The molecule has 1 N–H and O–H groups in total. The third-order valence-electron chi connectivity index (χ3n) is 6.27. The normalized spacial score (nSPS) is 37.6. The zero-order valence-corrected chi connectivity index (χ0v) is 12.4. The van der Waals surface area contributed by atoms with Crippen LogP contribution < -0.4 is 5.32 Å². The smallest absolute Gasteiger partial charge is 0.230 e. The molecule has 1 amide bonds. The summed E-state index contributed by atoms with van der Waals surface area (Å²) in [7, 11) is 0. The van der Waals surface area contributed by atoms with Crippen molar-refractivity contribution >= 4 is 5.91 Å². The third kappa shape index (κ3) is 1.86. The molecule has 0 aromatic carbocycles. The van der Waals surface area contributed by atoms with Gasteiger partial charge in [-0.3, -0.25) is 4.79 Å². The summed E-state index contributed by atoms with van der Waals surface area (Å²) >= 11 is 0. The van der Waals surface area contributed by atoms with Crippen molar-refractivity contribution in [2.75, 3.05) is 0 Å². The Morgan fingerprint density at radius 2 is 1.89 bits per heavy atom. The van der Waals surface area contributed by atoms with E-state index < -0.39 is 0 Å². The first-order valence-electron chi connectivity index (χ1n) is 7.98. The lowest BCUT2D eigenvalue weighted by Crippen LogP contribution is -2.46. The molecule has 3 aliphatic carbocycles. The molecule has 3 fully saturated rings. The number of nitrogens with one attached hydrogen (secondary N) is 1. The highest BCUT2D eigenvalue weighted by molar-refractivity contribution is 5.87. The van der Waals surface area contributed by atoms with E-state index in [2.05, 4.69) is 25.7 Å². The van der Waals surface area contributed by atoms with Gasteiger partial charge in [-0.25, -0.2) is 0 Å². The molecule has 0 aliphatic heterocycles. The summed E-state index contributed by atoms with van der Waals surface area (Å²) in [5.74, 6) is 0.953. The van der Waals surface area contributed by atoms with E-state index >= 15 is 0 Å². The Kier molecular flexibility index (Phi) is 3.03. The van der Waals surface area contributed by atoms with E-state index in [-0.39, 0.29) is 16.7 Å². The number of hydrogen-bond acceptors (Lipinski definition) is 1. The first-order valence-corrected chi connectivity index (χ1v) is 7.98. The van der Waals surface area contributed by atoms with Crippen LogP contribution in [0.5, 0.6) is 0 Å². The maximum atomic E-state index is 12.8. The fourth-order valence-corrected chi connectivity index (χ4v) is 4.71. The average Bonchev–Trinajstić information content (AvgIpc) is 2.91.